The summed E-state index contributed by atoms with van der Waals surface area (Å²) in [6.45, 7) is 4.68. The highest BCUT2D eigenvalue weighted by Gasteiger charge is 2.06. The molecule has 0 unspecified atom stereocenters. The number of hydrogen-bond donors (Lipinski definition) is 1. The van der Waals surface area contributed by atoms with Crippen molar-refractivity contribution in [2.45, 2.75) is 20.3 Å². The summed E-state index contributed by atoms with van der Waals surface area (Å²) in [5.41, 5.74) is 3.65. The molecule has 0 aliphatic rings. The summed E-state index contributed by atoms with van der Waals surface area (Å²) in [5.74, 6) is -1.41. The fourth-order valence-corrected chi connectivity index (χ4v) is 1.64. The van der Waals surface area contributed by atoms with Crippen LogP contribution < -0.4 is 0 Å². The van der Waals surface area contributed by atoms with Crippen molar-refractivity contribution >= 4 is 11.9 Å². The first kappa shape index (κ1) is 15.0. The molecule has 1 aromatic rings. The van der Waals surface area contributed by atoms with Crippen LogP contribution in [0, 0.1) is 13.8 Å². The van der Waals surface area contributed by atoms with E-state index in [2.05, 4.69) is 26.0 Å². The first-order chi connectivity index (χ1) is 8.90. The number of hydrogen-bond acceptors (Lipinski definition) is 2. The van der Waals surface area contributed by atoms with Crippen LogP contribution in [0.4, 0.5) is 0 Å². The Kier molecular flexibility index (Phi) is 5.30. The minimum absolute atomic E-state index is 0.300. The summed E-state index contributed by atoms with van der Waals surface area (Å²) in [7, 11) is 1.66. The third-order valence-corrected chi connectivity index (χ3v) is 3.05. The second-order valence-corrected chi connectivity index (χ2v) is 4.60. The number of aryl methyl sites for hydroxylation is 2. The summed E-state index contributed by atoms with van der Waals surface area (Å²) in [6, 6.07) is 6.23. The lowest BCUT2D eigenvalue weighted by Gasteiger charge is -2.15. The highest BCUT2D eigenvalue weighted by atomic mass is 16.4. The van der Waals surface area contributed by atoms with Gasteiger partial charge in [0, 0.05) is 25.7 Å². The van der Waals surface area contributed by atoms with Gasteiger partial charge in [-0.05, 0) is 37.0 Å². The van der Waals surface area contributed by atoms with E-state index in [0.717, 1.165) is 18.6 Å². The average molecular weight is 261 g/mol. The minimum Gasteiger partial charge on any atom is -0.478 e. The molecule has 0 atom stereocenters. The van der Waals surface area contributed by atoms with E-state index in [1.54, 1.807) is 7.05 Å². The molecule has 0 aliphatic heterocycles. The molecule has 0 saturated carbocycles. The van der Waals surface area contributed by atoms with E-state index in [4.69, 9.17) is 5.11 Å². The number of benzene rings is 1. The van der Waals surface area contributed by atoms with Gasteiger partial charge in [0.2, 0.25) is 5.91 Å². The lowest BCUT2D eigenvalue weighted by Crippen LogP contribution is -2.27. The summed E-state index contributed by atoms with van der Waals surface area (Å²) in [4.78, 5) is 23.4. The smallest absolute Gasteiger partial charge is 0.328 e. The van der Waals surface area contributed by atoms with E-state index in [9.17, 15) is 9.59 Å². The van der Waals surface area contributed by atoms with E-state index in [1.807, 2.05) is 6.07 Å². The first-order valence-electron chi connectivity index (χ1n) is 6.12. The van der Waals surface area contributed by atoms with Crippen LogP contribution in [-0.2, 0) is 16.0 Å². The maximum absolute atomic E-state index is 11.6. The Morgan fingerprint density at radius 3 is 2.47 bits per heavy atom. The zero-order valence-electron chi connectivity index (χ0n) is 11.5. The van der Waals surface area contributed by atoms with Crippen molar-refractivity contribution < 1.29 is 14.7 Å². The van der Waals surface area contributed by atoms with Crippen molar-refractivity contribution in [1.29, 1.82) is 0 Å². The maximum atomic E-state index is 11.6. The van der Waals surface area contributed by atoms with Gasteiger partial charge in [0.15, 0.2) is 0 Å². The lowest BCUT2D eigenvalue weighted by molar-refractivity contribution is -0.132. The van der Waals surface area contributed by atoms with Crippen LogP contribution in [0.15, 0.2) is 30.4 Å². The fourth-order valence-electron chi connectivity index (χ4n) is 1.64. The number of nitrogens with zero attached hydrogens (tertiary/aromatic N) is 1. The van der Waals surface area contributed by atoms with Gasteiger partial charge < -0.3 is 10.0 Å². The molecule has 1 aromatic carbocycles. The Labute approximate surface area is 113 Å². The molecule has 1 amide bonds. The highest BCUT2D eigenvalue weighted by molar-refractivity contribution is 5.93. The van der Waals surface area contributed by atoms with Crippen molar-refractivity contribution in [2.24, 2.45) is 0 Å². The summed E-state index contributed by atoms with van der Waals surface area (Å²) in [6.07, 6.45) is 2.68. The predicted molar refractivity (Wildman–Crippen MR) is 74.0 cm³/mol. The molecule has 0 saturated heterocycles. The molecular formula is C15H19NO3. The maximum Gasteiger partial charge on any atom is 0.328 e. The van der Waals surface area contributed by atoms with Gasteiger partial charge in [-0.25, -0.2) is 4.79 Å². The van der Waals surface area contributed by atoms with Crippen LogP contribution in [0.2, 0.25) is 0 Å². The van der Waals surface area contributed by atoms with Crippen molar-refractivity contribution in [3.8, 4) is 0 Å². The summed E-state index contributed by atoms with van der Waals surface area (Å²) >= 11 is 0. The third kappa shape index (κ3) is 4.95. The lowest BCUT2D eigenvalue weighted by atomic mass is 10.0. The van der Waals surface area contributed by atoms with Crippen molar-refractivity contribution in [2.75, 3.05) is 13.6 Å². The van der Waals surface area contributed by atoms with Crippen molar-refractivity contribution in [3.63, 3.8) is 0 Å². The second kappa shape index (κ2) is 6.73. The summed E-state index contributed by atoms with van der Waals surface area (Å²) in [5, 5.41) is 8.45. The third-order valence-electron chi connectivity index (χ3n) is 3.05. The van der Waals surface area contributed by atoms with Gasteiger partial charge in [-0.1, -0.05) is 18.2 Å². The summed E-state index contributed by atoms with van der Waals surface area (Å²) < 4.78 is 0. The molecule has 0 fully saturated rings. The number of aliphatic carboxylic acids is 1. The Bertz CT molecular complexity index is 506. The van der Waals surface area contributed by atoms with Gasteiger partial charge >= 0.3 is 5.97 Å². The van der Waals surface area contributed by atoms with E-state index >= 15 is 0 Å². The van der Waals surface area contributed by atoms with Gasteiger partial charge in [-0.2, -0.15) is 0 Å². The van der Waals surface area contributed by atoms with Crippen molar-refractivity contribution in [1.82, 2.24) is 4.90 Å². The van der Waals surface area contributed by atoms with E-state index in [-0.39, 0.29) is 5.91 Å². The Balaban J connectivity index is 2.54. The molecule has 0 radical (unpaired) electrons. The Morgan fingerprint density at radius 1 is 1.21 bits per heavy atom. The predicted octanol–water partition coefficient (Wildman–Crippen LogP) is 1.95. The molecule has 19 heavy (non-hydrogen) atoms. The highest BCUT2D eigenvalue weighted by Crippen LogP contribution is 2.10. The Hall–Kier alpha value is -2.10. The van der Waals surface area contributed by atoms with Crippen LogP contribution in [0.25, 0.3) is 0 Å². The molecule has 0 spiro atoms. The number of carbonyl (C=O) groups excluding carboxylic acids is 1. The van der Waals surface area contributed by atoms with Gasteiger partial charge in [0.1, 0.15) is 0 Å². The van der Waals surface area contributed by atoms with E-state index in [0.29, 0.717) is 6.54 Å². The number of carboxylic acids is 1. The average Bonchev–Trinajstić information content (AvgIpc) is 2.36. The normalized spacial score (nSPS) is 10.7. The number of amides is 1. The number of carbonyl (C=O) groups is 2. The van der Waals surface area contributed by atoms with Crippen LogP contribution >= 0.6 is 0 Å². The van der Waals surface area contributed by atoms with Gasteiger partial charge in [0.05, 0.1) is 0 Å². The zero-order chi connectivity index (χ0) is 14.4. The molecule has 0 heterocycles. The molecule has 0 aliphatic carbocycles. The zero-order valence-corrected chi connectivity index (χ0v) is 11.5. The molecule has 1 N–H and O–H groups in total. The van der Waals surface area contributed by atoms with Crippen LogP contribution in [0.5, 0.6) is 0 Å². The van der Waals surface area contributed by atoms with Crippen molar-refractivity contribution in [3.05, 3.63) is 47.0 Å². The fraction of sp³-hybridized carbons (Fsp3) is 0.333. The Morgan fingerprint density at radius 2 is 1.89 bits per heavy atom. The van der Waals surface area contributed by atoms with Gasteiger partial charge in [-0.15, -0.1) is 0 Å². The second-order valence-electron chi connectivity index (χ2n) is 4.60. The van der Waals surface area contributed by atoms with Crippen LogP contribution in [0.3, 0.4) is 0 Å². The molecular weight excluding hydrogens is 242 g/mol. The quantitative estimate of drug-likeness (QED) is 0.824. The molecule has 102 valence electrons. The molecule has 0 aromatic heterocycles. The van der Waals surface area contributed by atoms with Crippen LogP contribution in [0.1, 0.15) is 16.7 Å². The molecule has 4 heteroatoms. The van der Waals surface area contributed by atoms with E-state index < -0.39 is 5.97 Å². The standard InChI is InChI=1S/C15H19NO3/c1-11-4-5-13(10-12(11)2)8-9-16(3)14(17)6-7-15(18)19/h4-7,10H,8-9H2,1-3H3,(H,18,19)/b7-6+. The first-order valence-corrected chi connectivity index (χ1v) is 6.12. The number of likely N-dealkylation sites (N-methyl/N-ethyl adjacent to an activating group) is 1. The minimum atomic E-state index is -1.11. The van der Waals surface area contributed by atoms with E-state index in [1.165, 1.54) is 21.6 Å². The molecule has 4 nitrogen and oxygen atoms in total. The number of carboxylic acid groups (broad SMARTS) is 1. The number of rotatable bonds is 5. The SMILES string of the molecule is Cc1ccc(CCN(C)C(=O)/C=C/C(=O)O)cc1C. The monoisotopic (exact) mass is 261 g/mol. The topological polar surface area (TPSA) is 57.6 Å². The molecule has 0 bridgehead atoms. The van der Waals surface area contributed by atoms with Gasteiger partial charge in [0.25, 0.3) is 0 Å². The van der Waals surface area contributed by atoms with Gasteiger partial charge in [-0.3, -0.25) is 4.79 Å². The van der Waals surface area contributed by atoms with Crippen LogP contribution in [-0.4, -0.2) is 35.5 Å². The molecule has 1 rings (SSSR count). The largest absolute Gasteiger partial charge is 0.478 e.